The molecule has 0 atom stereocenters. The third-order valence-electron chi connectivity index (χ3n) is 1.32. The van der Waals surface area contributed by atoms with E-state index in [1.54, 1.807) is 12.1 Å². The minimum absolute atomic E-state index is 0.627. The Morgan fingerprint density at radius 1 is 1.18 bits per heavy atom. The van der Waals surface area contributed by atoms with Crippen LogP contribution in [0.15, 0.2) is 12.1 Å². The van der Waals surface area contributed by atoms with Crippen molar-refractivity contribution in [1.82, 2.24) is 0 Å². The van der Waals surface area contributed by atoms with Crippen LogP contribution in [0.25, 0.3) is 0 Å². The van der Waals surface area contributed by atoms with Crippen LogP contribution >= 0.6 is 23.2 Å². The number of hydrogen-bond acceptors (Lipinski definition) is 1. The molecule has 0 fully saturated rings. The van der Waals surface area contributed by atoms with Gasteiger partial charge in [0.25, 0.3) is 0 Å². The van der Waals surface area contributed by atoms with E-state index in [1.165, 1.54) is 0 Å². The van der Waals surface area contributed by atoms with E-state index in [0.717, 1.165) is 5.69 Å². The van der Waals surface area contributed by atoms with Crippen LogP contribution in [-0.2, 0) is 0 Å². The molecule has 1 nitrogen and oxygen atoms in total. The van der Waals surface area contributed by atoms with Crippen LogP contribution in [0.4, 0.5) is 5.69 Å². The highest BCUT2D eigenvalue weighted by molar-refractivity contribution is 6.39. The summed E-state index contributed by atoms with van der Waals surface area (Å²) in [5, 5.41) is 1.25. The van der Waals surface area contributed by atoms with Crippen LogP contribution in [-0.4, -0.2) is 14.1 Å². The molecule has 1 aromatic carbocycles. The minimum atomic E-state index is 0.627. The van der Waals surface area contributed by atoms with Crippen molar-refractivity contribution in [3.63, 3.8) is 0 Å². The Balaban J connectivity index is 3.21. The molecule has 1 aromatic rings. The van der Waals surface area contributed by atoms with Gasteiger partial charge in [-0.3, -0.25) is 0 Å². The molecule has 0 amide bonds. The zero-order valence-corrected chi connectivity index (χ0v) is 7.87. The van der Waals surface area contributed by atoms with Gasteiger partial charge in [-0.25, -0.2) is 0 Å². The topological polar surface area (TPSA) is 3.24 Å². The van der Waals surface area contributed by atoms with Crippen LogP contribution in [0.1, 0.15) is 0 Å². The van der Waals surface area contributed by atoms with Gasteiger partial charge < -0.3 is 4.90 Å². The third-order valence-corrected chi connectivity index (χ3v) is 1.90. The predicted molar refractivity (Wildman–Crippen MR) is 49.6 cm³/mol. The average molecular weight is 189 g/mol. The van der Waals surface area contributed by atoms with E-state index in [-0.39, 0.29) is 0 Å². The lowest BCUT2D eigenvalue weighted by molar-refractivity contribution is 1.13. The Kier molecular flexibility index (Phi) is 2.63. The molecule has 0 aromatic heterocycles. The van der Waals surface area contributed by atoms with Crippen molar-refractivity contribution in [2.24, 2.45) is 0 Å². The van der Waals surface area contributed by atoms with Crippen LogP contribution in [0.2, 0.25) is 10.0 Å². The quantitative estimate of drug-likeness (QED) is 0.656. The summed E-state index contributed by atoms with van der Waals surface area (Å²) in [5.74, 6) is 0. The summed E-state index contributed by atoms with van der Waals surface area (Å²) < 4.78 is 0. The maximum absolute atomic E-state index is 5.87. The van der Waals surface area contributed by atoms with Crippen molar-refractivity contribution in [1.29, 1.82) is 0 Å². The smallest absolute Gasteiger partial charge is 0.0740 e. The number of anilines is 1. The molecule has 0 aliphatic rings. The molecule has 0 bridgehead atoms. The minimum Gasteiger partial charge on any atom is -0.375 e. The molecule has 1 rings (SSSR count). The molecule has 3 heteroatoms. The maximum atomic E-state index is 5.87. The summed E-state index contributed by atoms with van der Waals surface area (Å²) in [7, 11) is 3.79. The van der Waals surface area contributed by atoms with Gasteiger partial charge in [0.05, 0.1) is 15.7 Å². The van der Waals surface area contributed by atoms with E-state index < -0.39 is 0 Å². The largest absolute Gasteiger partial charge is 0.375 e. The van der Waals surface area contributed by atoms with Crippen molar-refractivity contribution in [2.45, 2.75) is 0 Å². The molecule has 0 saturated heterocycles. The number of rotatable bonds is 1. The van der Waals surface area contributed by atoms with Gasteiger partial charge in [0.1, 0.15) is 0 Å². The standard InChI is InChI=1S/C8H8Cl2N/c1-11(2)8-6(9)4-3-5-7(8)10/h4-5H,1-2H3. The highest BCUT2D eigenvalue weighted by Gasteiger charge is 2.05. The summed E-state index contributed by atoms with van der Waals surface area (Å²) in [4.78, 5) is 1.87. The van der Waals surface area contributed by atoms with Gasteiger partial charge in [-0.1, -0.05) is 23.2 Å². The second-order valence-corrected chi connectivity index (χ2v) is 3.21. The van der Waals surface area contributed by atoms with Gasteiger partial charge in [-0.15, -0.1) is 0 Å². The summed E-state index contributed by atoms with van der Waals surface area (Å²) in [6.07, 6.45) is 0. The van der Waals surface area contributed by atoms with Crippen molar-refractivity contribution < 1.29 is 0 Å². The first-order chi connectivity index (χ1) is 5.13. The molecule has 0 unspecified atom stereocenters. The molecule has 0 spiro atoms. The van der Waals surface area contributed by atoms with Crippen molar-refractivity contribution >= 4 is 28.9 Å². The lowest BCUT2D eigenvalue weighted by Gasteiger charge is -2.15. The lowest BCUT2D eigenvalue weighted by atomic mass is 10.3. The van der Waals surface area contributed by atoms with E-state index in [1.807, 2.05) is 19.0 Å². The second kappa shape index (κ2) is 3.33. The van der Waals surface area contributed by atoms with Gasteiger partial charge in [-0.05, 0) is 18.2 Å². The fraction of sp³-hybridized carbons (Fsp3) is 0.250. The van der Waals surface area contributed by atoms with Gasteiger partial charge in [0.2, 0.25) is 0 Å². The molecule has 0 saturated carbocycles. The molecule has 0 aliphatic carbocycles. The molecule has 59 valence electrons. The Labute approximate surface area is 76.5 Å². The number of nitrogens with zero attached hydrogens (tertiary/aromatic N) is 1. The van der Waals surface area contributed by atoms with Crippen LogP contribution in [0.5, 0.6) is 0 Å². The normalized spacial score (nSPS) is 9.82. The third kappa shape index (κ3) is 1.79. The van der Waals surface area contributed by atoms with Crippen molar-refractivity contribution in [3.8, 4) is 0 Å². The Hall–Kier alpha value is -0.400. The van der Waals surface area contributed by atoms with Crippen LogP contribution in [0, 0.1) is 6.07 Å². The number of hydrogen-bond donors (Lipinski definition) is 0. The first-order valence-electron chi connectivity index (χ1n) is 3.15. The second-order valence-electron chi connectivity index (χ2n) is 2.39. The van der Waals surface area contributed by atoms with E-state index in [9.17, 15) is 0 Å². The summed E-state index contributed by atoms with van der Waals surface area (Å²) in [6, 6.07) is 6.23. The first-order valence-corrected chi connectivity index (χ1v) is 3.91. The van der Waals surface area contributed by atoms with Crippen LogP contribution in [0.3, 0.4) is 0 Å². The maximum Gasteiger partial charge on any atom is 0.0740 e. The van der Waals surface area contributed by atoms with Crippen molar-refractivity contribution in [2.75, 3.05) is 19.0 Å². The van der Waals surface area contributed by atoms with E-state index >= 15 is 0 Å². The van der Waals surface area contributed by atoms with E-state index in [0.29, 0.717) is 10.0 Å². The molecular formula is C8H8Cl2N. The number of halogens is 2. The lowest BCUT2D eigenvalue weighted by Crippen LogP contribution is -2.09. The first kappa shape index (κ1) is 8.69. The van der Waals surface area contributed by atoms with Crippen molar-refractivity contribution in [3.05, 3.63) is 28.2 Å². The average Bonchev–Trinajstić information content (AvgIpc) is 1.85. The Bertz CT molecular complexity index is 238. The summed E-state index contributed by atoms with van der Waals surface area (Å²) >= 11 is 11.7. The summed E-state index contributed by atoms with van der Waals surface area (Å²) in [5.41, 5.74) is 0.840. The van der Waals surface area contributed by atoms with Gasteiger partial charge in [-0.2, -0.15) is 0 Å². The van der Waals surface area contributed by atoms with Gasteiger partial charge in [0.15, 0.2) is 0 Å². The molecule has 11 heavy (non-hydrogen) atoms. The molecule has 0 heterocycles. The highest BCUT2D eigenvalue weighted by Crippen LogP contribution is 2.31. The van der Waals surface area contributed by atoms with Gasteiger partial charge in [0, 0.05) is 14.1 Å². The highest BCUT2D eigenvalue weighted by atomic mass is 35.5. The molecular weight excluding hydrogens is 181 g/mol. The molecule has 1 radical (unpaired) electrons. The molecule has 0 aliphatic heterocycles. The van der Waals surface area contributed by atoms with Crippen LogP contribution < -0.4 is 4.90 Å². The van der Waals surface area contributed by atoms with Gasteiger partial charge >= 0.3 is 0 Å². The predicted octanol–water partition coefficient (Wildman–Crippen LogP) is 2.86. The summed E-state index contributed by atoms with van der Waals surface area (Å²) in [6.45, 7) is 0. The fourth-order valence-electron chi connectivity index (χ4n) is 0.866. The Morgan fingerprint density at radius 2 is 1.64 bits per heavy atom. The van der Waals surface area contributed by atoms with E-state index in [4.69, 9.17) is 23.2 Å². The zero-order chi connectivity index (χ0) is 8.43. The zero-order valence-electron chi connectivity index (χ0n) is 6.36. The SMILES string of the molecule is CN(C)c1c(Cl)c[c]cc1Cl. The fourth-order valence-corrected chi connectivity index (χ4v) is 1.58. The number of benzene rings is 1. The monoisotopic (exact) mass is 188 g/mol. The Morgan fingerprint density at radius 3 is 1.91 bits per heavy atom. The van der Waals surface area contributed by atoms with E-state index in [2.05, 4.69) is 6.07 Å². The molecule has 0 N–H and O–H groups in total.